The SMILES string of the molecule is CCNC1CC(C)CCC1C(C)(C)Cc1ncnn1C. The highest BCUT2D eigenvalue weighted by Crippen LogP contribution is 2.42. The Bertz CT molecular complexity index is 424. The van der Waals surface area contributed by atoms with Gasteiger partial charge in [0.15, 0.2) is 0 Å². The lowest BCUT2D eigenvalue weighted by molar-refractivity contribution is 0.0925. The summed E-state index contributed by atoms with van der Waals surface area (Å²) in [5.74, 6) is 2.67. The van der Waals surface area contributed by atoms with Crippen molar-refractivity contribution in [3.05, 3.63) is 12.2 Å². The van der Waals surface area contributed by atoms with E-state index in [1.54, 1.807) is 6.33 Å². The minimum atomic E-state index is 0.258. The molecule has 0 aromatic carbocycles. The molecule has 1 aromatic heterocycles. The van der Waals surface area contributed by atoms with Gasteiger partial charge in [-0.2, -0.15) is 5.10 Å². The lowest BCUT2D eigenvalue weighted by Gasteiger charge is -2.44. The van der Waals surface area contributed by atoms with Crippen LogP contribution >= 0.6 is 0 Å². The summed E-state index contributed by atoms with van der Waals surface area (Å²) in [6.45, 7) is 10.5. The number of aryl methyl sites for hydroxylation is 1. The smallest absolute Gasteiger partial charge is 0.138 e. The first-order valence-corrected chi connectivity index (χ1v) is 8.00. The van der Waals surface area contributed by atoms with E-state index in [4.69, 9.17) is 0 Å². The van der Waals surface area contributed by atoms with Crippen LogP contribution in [0.25, 0.3) is 0 Å². The van der Waals surface area contributed by atoms with Crippen molar-refractivity contribution in [2.24, 2.45) is 24.3 Å². The summed E-state index contributed by atoms with van der Waals surface area (Å²) in [6.07, 6.45) is 6.65. The molecule has 1 aliphatic carbocycles. The summed E-state index contributed by atoms with van der Waals surface area (Å²) in [5, 5.41) is 7.93. The highest BCUT2D eigenvalue weighted by Gasteiger charge is 2.39. The quantitative estimate of drug-likeness (QED) is 0.900. The molecule has 4 heteroatoms. The van der Waals surface area contributed by atoms with Gasteiger partial charge in [-0.1, -0.05) is 34.1 Å². The van der Waals surface area contributed by atoms with Crippen LogP contribution in [0.5, 0.6) is 0 Å². The molecule has 1 aromatic rings. The van der Waals surface area contributed by atoms with Gasteiger partial charge >= 0.3 is 0 Å². The van der Waals surface area contributed by atoms with E-state index in [0.717, 1.165) is 30.6 Å². The fourth-order valence-corrected chi connectivity index (χ4v) is 3.82. The Hall–Kier alpha value is -0.900. The molecule has 1 saturated carbocycles. The number of hydrogen-bond acceptors (Lipinski definition) is 3. The molecular weight excluding hydrogens is 248 g/mol. The van der Waals surface area contributed by atoms with Gasteiger partial charge in [0, 0.05) is 19.5 Å². The summed E-state index contributed by atoms with van der Waals surface area (Å²) in [4.78, 5) is 4.41. The van der Waals surface area contributed by atoms with E-state index in [2.05, 4.69) is 43.1 Å². The fraction of sp³-hybridized carbons (Fsp3) is 0.875. The molecule has 4 nitrogen and oxygen atoms in total. The first-order chi connectivity index (χ1) is 9.44. The van der Waals surface area contributed by atoms with Gasteiger partial charge in [0.05, 0.1) is 0 Å². The Morgan fingerprint density at radius 1 is 1.40 bits per heavy atom. The molecule has 3 unspecified atom stereocenters. The van der Waals surface area contributed by atoms with Gasteiger partial charge in [-0.3, -0.25) is 4.68 Å². The molecule has 1 aliphatic rings. The van der Waals surface area contributed by atoms with Gasteiger partial charge in [-0.05, 0) is 36.6 Å². The molecule has 2 rings (SSSR count). The van der Waals surface area contributed by atoms with Crippen LogP contribution in [0.3, 0.4) is 0 Å². The van der Waals surface area contributed by atoms with E-state index < -0.39 is 0 Å². The Morgan fingerprint density at radius 3 is 2.75 bits per heavy atom. The van der Waals surface area contributed by atoms with Gasteiger partial charge in [-0.15, -0.1) is 0 Å². The van der Waals surface area contributed by atoms with Crippen LogP contribution in [0.4, 0.5) is 0 Å². The Kier molecular flexibility index (Phi) is 4.84. The zero-order valence-corrected chi connectivity index (χ0v) is 13.7. The normalized spacial score (nSPS) is 27.8. The van der Waals surface area contributed by atoms with Crippen LogP contribution < -0.4 is 5.32 Å². The van der Waals surface area contributed by atoms with Crippen molar-refractivity contribution in [3.63, 3.8) is 0 Å². The molecule has 114 valence electrons. The Labute approximate surface area is 123 Å². The minimum absolute atomic E-state index is 0.258. The molecule has 1 N–H and O–H groups in total. The number of nitrogens with one attached hydrogen (secondary N) is 1. The van der Waals surface area contributed by atoms with E-state index in [9.17, 15) is 0 Å². The number of aromatic nitrogens is 3. The summed E-state index contributed by atoms with van der Waals surface area (Å²) in [5.41, 5.74) is 0.258. The highest BCUT2D eigenvalue weighted by molar-refractivity contribution is 4.98. The Morgan fingerprint density at radius 2 is 2.15 bits per heavy atom. The van der Waals surface area contributed by atoms with Crippen LogP contribution in [0, 0.1) is 17.3 Å². The molecular formula is C16H30N4. The zero-order chi connectivity index (χ0) is 14.8. The lowest BCUT2D eigenvalue weighted by Crippen LogP contribution is -2.47. The number of rotatable bonds is 5. The molecule has 20 heavy (non-hydrogen) atoms. The first-order valence-electron chi connectivity index (χ1n) is 8.00. The van der Waals surface area contributed by atoms with Crippen LogP contribution in [0.2, 0.25) is 0 Å². The van der Waals surface area contributed by atoms with Crippen LogP contribution in [-0.4, -0.2) is 27.4 Å². The third-order valence-corrected chi connectivity index (χ3v) is 5.00. The summed E-state index contributed by atoms with van der Waals surface area (Å²) < 4.78 is 1.91. The maximum atomic E-state index is 4.41. The number of hydrogen-bond donors (Lipinski definition) is 1. The van der Waals surface area contributed by atoms with E-state index in [0.29, 0.717) is 6.04 Å². The molecule has 3 atom stereocenters. The predicted octanol–water partition coefficient (Wildman–Crippen LogP) is 2.80. The third kappa shape index (κ3) is 3.40. The van der Waals surface area contributed by atoms with Crippen molar-refractivity contribution in [3.8, 4) is 0 Å². The van der Waals surface area contributed by atoms with Gasteiger partial charge < -0.3 is 5.32 Å². The highest BCUT2D eigenvalue weighted by atomic mass is 15.3. The van der Waals surface area contributed by atoms with Gasteiger partial charge in [-0.25, -0.2) is 4.98 Å². The van der Waals surface area contributed by atoms with Crippen molar-refractivity contribution in [1.82, 2.24) is 20.1 Å². The third-order valence-electron chi connectivity index (χ3n) is 5.00. The fourth-order valence-electron chi connectivity index (χ4n) is 3.82. The van der Waals surface area contributed by atoms with Crippen molar-refractivity contribution in [2.45, 2.75) is 59.4 Å². The first kappa shape index (κ1) is 15.5. The molecule has 0 amide bonds. The second kappa shape index (κ2) is 6.25. The molecule has 0 aliphatic heterocycles. The van der Waals surface area contributed by atoms with E-state index in [1.165, 1.54) is 19.3 Å². The summed E-state index contributed by atoms with van der Waals surface area (Å²) in [6, 6.07) is 0.645. The van der Waals surface area contributed by atoms with Crippen LogP contribution in [0.15, 0.2) is 6.33 Å². The van der Waals surface area contributed by atoms with Crippen molar-refractivity contribution >= 4 is 0 Å². The van der Waals surface area contributed by atoms with E-state index in [-0.39, 0.29) is 5.41 Å². The summed E-state index contributed by atoms with van der Waals surface area (Å²) in [7, 11) is 1.99. The molecule has 0 spiro atoms. The van der Waals surface area contributed by atoms with Crippen molar-refractivity contribution in [2.75, 3.05) is 6.54 Å². The average molecular weight is 278 g/mol. The monoisotopic (exact) mass is 278 g/mol. The van der Waals surface area contributed by atoms with Gasteiger partial charge in [0.25, 0.3) is 0 Å². The number of nitrogens with zero attached hydrogens (tertiary/aromatic N) is 3. The van der Waals surface area contributed by atoms with E-state index >= 15 is 0 Å². The maximum Gasteiger partial charge on any atom is 0.138 e. The second-order valence-corrected chi connectivity index (χ2v) is 7.15. The lowest BCUT2D eigenvalue weighted by atomic mass is 9.65. The summed E-state index contributed by atoms with van der Waals surface area (Å²) >= 11 is 0. The molecule has 0 saturated heterocycles. The standard InChI is InChI=1S/C16H30N4/c1-6-17-14-9-12(2)7-8-13(14)16(3,4)10-15-18-11-19-20(15)5/h11-14,17H,6-10H2,1-5H3. The molecule has 1 heterocycles. The Balaban J connectivity index is 2.11. The van der Waals surface area contributed by atoms with Crippen LogP contribution in [-0.2, 0) is 13.5 Å². The largest absolute Gasteiger partial charge is 0.314 e. The topological polar surface area (TPSA) is 42.7 Å². The van der Waals surface area contributed by atoms with Crippen molar-refractivity contribution < 1.29 is 0 Å². The average Bonchev–Trinajstić information content (AvgIpc) is 2.74. The molecule has 0 radical (unpaired) electrons. The molecule has 1 fully saturated rings. The van der Waals surface area contributed by atoms with Crippen LogP contribution in [0.1, 0.15) is 52.8 Å². The maximum absolute atomic E-state index is 4.41. The second-order valence-electron chi connectivity index (χ2n) is 7.15. The zero-order valence-electron chi connectivity index (χ0n) is 13.7. The van der Waals surface area contributed by atoms with Gasteiger partial charge in [0.2, 0.25) is 0 Å². The van der Waals surface area contributed by atoms with Crippen molar-refractivity contribution in [1.29, 1.82) is 0 Å². The van der Waals surface area contributed by atoms with E-state index in [1.807, 2.05) is 11.7 Å². The van der Waals surface area contributed by atoms with Gasteiger partial charge in [0.1, 0.15) is 12.2 Å². The minimum Gasteiger partial charge on any atom is -0.314 e. The molecule has 0 bridgehead atoms. The predicted molar refractivity (Wildman–Crippen MR) is 82.5 cm³/mol.